The molecule has 0 amide bonds. The second-order valence-corrected chi connectivity index (χ2v) is 8.04. The fourth-order valence-electron chi connectivity index (χ4n) is 3.59. The van der Waals surface area contributed by atoms with Gasteiger partial charge in [0.15, 0.2) is 11.5 Å². The number of anilines is 1. The number of nitrogens with zero attached hydrogens (tertiary/aromatic N) is 3. The van der Waals surface area contributed by atoms with Crippen LogP contribution in [-0.2, 0) is 13.1 Å². The minimum absolute atomic E-state index is 0.578. The van der Waals surface area contributed by atoms with Gasteiger partial charge in [0, 0.05) is 27.7 Å². The Hall–Kier alpha value is -3.12. The number of para-hydroxylation sites is 1. The lowest BCUT2D eigenvalue weighted by molar-refractivity contribution is 0.171. The van der Waals surface area contributed by atoms with Crippen molar-refractivity contribution in [3.8, 4) is 11.5 Å². The first kappa shape index (κ1) is 17.9. The van der Waals surface area contributed by atoms with E-state index in [-0.39, 0.29) is 0 Å². The molecule has 0 radical (unpaired) electrons. The number of aryl methyl sites for hydroxylation is 1. The van der Waals surface area contributed by atoms with Crippen LogP contribution in [-0.4, -0.2) is 23.2 Å². The molecule has 29 heavy (non-hydrogen) atoms. The highest BCUT2D eigenvalue weighted by atomic mass is 32.1. The Morgan fingerprint density at radius 2 is 1.79 bits per heavy atom. The molecule has 0 atom stereocenters. The van der Waals surface area contributed by atoms with Crippen LogP contribution in [0.25, 0.3) is 10.9 Å². The highest BCUT2D eigenvalue weighted by Gasteiger charge is 2.17. The van der Waals surface area contributed by atoms with Crippen LogP contribution in [0.3, 0.4) is 0 Å². The number of hydrogen-bond donors (Lipinski definition) is 0. The van der Waals surface area contributed by atoms with E-state index >= 15 is 0 Å². The number of benzene rings is 2. The van der Waals surface area contributed by atoms with E-state index in [2.05, 4.69) is 40.6 Å². The van der Waals surface area contributed by atoms with Crippen molar-refractivity contribution in [3.05, 3.63) is 76.4 Å². The Morgan fingerprint density at radius 3 is 2.66 bits per heavy atom. The van der Waals surface area contributed by atoms with Crippen LogP contribution < -0.4 is 14.4 Å². The Labute approximate surface area is 173 Å². The molecule has 0 N–H and O–H groups in total. The van der Waals surface area contributed by atoms with E-state index < -0.39 is 0 Å². The summed E-state index contributed by atoms with van der Waals surface area (Å²) in [6.45, 7) is 4.61. The molecule has 5 rings (SSSR count). The molecule has 0 fully saturated rings. The highest BCUT2D eigenvalue weighted by Crippen LogP contribution is 2.35. The van der Waals surface area contributed by atoms with Crippen LogP contribution in [0.15, 0.2) is 60.0 Å². The first-order chi connectivity index (χ1) is 14.3. The zero-order valence-corrected chi connectivity index (χ0v) is 17.0. The first-order valence-electron chi connectivity index (χ1n) is 9.65. The standard InChI is InChI=1S/C23H21N3O2S/c1-16-19-6-2-3-7-20(19)25-23(24-16)15-26(14-18-5-4-12-29-18)17-8-9-21-22(13-17)28-11-10-27-21/h2-9,12-13H,10-11,14-15H2,1H3. The normalized spacial score (nSPS) is 12.9. The summed E-state index contributed by atoms with van der Waals surface area (Å²) in [6, 6.07) is 18.5. The number of fused-ring (bicyclic) bond motifs is 2. The molecule has 1 aliphatic heterocycles. The number of hydrogen-bond acceptors (Lipinski definition) is 6. The van der Waals surface area contributed by atoms with E-state index in [9.17, 15) is 0 Å². The monoisotopic (exact) mass is 403 g/mol. The van der Waals surface area contributed by atoms with E-state index in [1.54, 1.807) is 11.3 Å². The predicted molar refractivity (Wildman–Crippen MR) is 116 cm³/mol. The number of thiophene rings is 1. The van der Waals surface area contributed by atoms with Gasteiger partial charge in [-0.25, -0.2) is 9.97 Å². The van der Waals surface area contributed by atoms with Gasteiger partial charge >= 0.3 is 0 Å². The molecule has 0 spiro atoms. The van der Waals surface area contributed by atoms with Gasteiger partial charge in [0.2, 0.25) is 0 Å². The average molecular weight is 404 g/mol. The van der Waals surface area contributed by atoms with Gasteiger partial charge in [0.25, 0.3) is 0 Å². The Balaban J connectivity index is 1.51. The minimum Gasteiger partial charge on any atom is -0.486 e. The molecule has 3 heterocycles. The molecule has 146 valence electrons. The van der Waals surface area contributed by atoms with Gasteiger partial charge in [-0.3, -0.25) is 0 Å². The quantitative estimate of drug-likeness (QED) is 0.470. The van der Waals surface area contributed by atoms with Crippen molar-refractivity contribution < 1.29 is 9.47 Å². The smallest absolute Gasteiger partial charge is 0.163 e. The van der Waals surface area contributed by atoms with Gasteiger partial charge in [-0.05, 0) is 36.6 Å². The molecular weight excluding hydrogens is 382 g/mol. The van der Waals surface area contributed by atoms with Crippen LogP contribution in [0.1, 0.15) is 16.4 Å². The fourth-order valence-corrected chi connectivity index (χ4v) is 4.31. The molecule has 0 saturated carbocycles. The van der Waals surface area contributed by atoms with Crippen molar-refractivity contribution in [3.63, 3.8) is 0 Å². The molecule has 0 saturated heterocycles. The van der Waals surface area contributed by atoms with Crippen LogP contribution in [0, 0.1) is 6.92 Å². The molecule has 0 aliphatic carbocycles. The SMILES string of the molecule is Cc1nc(CN(Cc2cccs2)c2ccc3c(c2)OCCO3)nc2ccccc12. The number of ether oxygens (including phenoxy) is 2. The summed E-state index contributed by atoms with van der Waals surface area (Å²) < 4.78 is 11.5. The van der Waals surface area contributed by atoms with Gasteiger partial charge in [-0.1, -0.05) is 24.3 Å². The van der Waals surface area contributed by atoms with Crippen molar-refractivity contribution in [2.75, 3.05) is 18.1 Å². The molecule has 0 unspecified atom stereocenters. The van der Waals surface area contributed by atoms with Crippen LogP contribution in [0.2, 0.25) is 0 Å². The summed E-state index contributed by atoms with van der Waals surface area (Å²) >= 11 is 1.75. The third-order valence-corrected chi connectivity index (χ3v) is 5.85. The van der Waals surface area contributed by atoms with Gasteiger partial charge < -0.3 is 14.4 Å². The lowest BCUT2D eigenvalue weighted by Gasteiger charge is -2.26. The zero-order chi connectivity index (χ0) is 19.6. The van der Waals surface area contributed by atoms with Crippen molar-refractivity contribution in [2.24, 2.45) is 0 Å². The maximum Gasteiger partial charge on any atom is 0.163 e. The molecule has 5 nitrogen and oxygen atoms in total. The second-order valence-electron chi connectivity index (χ2n) is 7.01. The minimum atomic E-state index is 0.578. The number of aromatic nitrogens is 2. The predicted octanol–water partition coefficient (Wildman–Crippen LogP) is 4.98. The van der Waals surface area contributed by atoms with Crippen LogP contribution >= 0.6 is 11.3 Å². The van der Waals surface area contributed by atoms with E-state index in [1.807, 2.05) is 31.2 Å². The van der Waals surface area contributed by atoms with E-state index in [1.165, 1.54) is 4.88 Å². The highest BCUT2D eigenvalue weighted by molar-refractivity contribution is 7.09. The van der Waals surface area contributed by atoms with Gasteiger partial charge in [0.1, 0.15) is 19.0 Å². The fraction of sp³-hybridized carbons (Fsp3) is 0.217. The Bertz CT molecular complexity index is 1140. The van der Waals surface area contributed by atoms with E-state index in [4.69, 9.17) is 19.4 Å². The summed E-state index contributed by atoms with van der Waals surface area (Å²) in [6.07, 6.45) is 0. The second kappa shape index (κ2) is 7.72. The molecule has 0 bridgehead atoms. The largest absolute Gasteiger partial charge is 0.486 e. The summed E-state index contributed by atoms with van der Waals surface area (Å²) in [7, 11) is 0. The molecular formula is C23H21N3O2S. The molecule has 2 aromatic carbocycles. The molecule has 2 aromatic heterocycles. The third-order valence-electron chi connectivity index (χ3n) is 4.99. The van der Waals surface area contributed by atoms with Crippen molar-refractivity contribution in [1.82, 2.24) is 9.97 Å². The van der Waals surface area contributed by atoms with E-state index in [0.717, 1.165) is 46.2 Å². The zero-order valence-electron chi connectivity index (χ0n) is 16.2. The summed E-state index contributed by atoms with van der Waals surface area (Å²) in [5.74, 6) is 2.40. The first-order valence-corrected chi connectivity index (χ1v) is 10.5. The van der Waals surface area contributed by atoms with Crippen molar-refractivity contribution in [2.45, 2.75) is 20.0 Å². The van der Waals surface area contributed by atoms with E-state index in [0.29, 0.717) is 19.8 Å². The van der Waals surface area contributed by atoms with Gasteiger partial charge in [0.05, 0.1) is 18.6 Å². The maximum absolute atomic E-state index is 5.80. The Morgan fingerprint density at radius 1 is 0.931 bits per heavy atom. The van der Waals surface area contributed by atoms with Crippen LogP contribution in [0.4, 0.5) is 5.69 Å². The summed E-state index contributed by atoms with van der Waals surface area (Å²) in [5.41, 5.74) is 3.05. The summed E-state index contributed by atoms with van der Waals surface area (Å²) in [5, 5.41) is 3.20. The molecule has 6 heteroatoms. The summed E-state index contributed by atoms with van der Waals surface area (Å²) in [4.78, 5) is 13.2. The number of rotatable bonds is 5. The lowest BCUT2D eigenvalue weighted by Crippen LogP contribution is -2.24. The topological polar surface area (TPSA) is 47.5 Å². The Kier molecular flexibility index (Phi) is 4.77. The van der Waals surface area contributed by atoms with Crippen molar-refractivity contribution in [1.29, 1.82) is 0 Å². The average Bonchev–Trinajstić information content (AvgIpc) is 3.26. The van der Waals surface area contributed by atoms with Gasteiger partial charge in [-0.2, -0.15) is 0 Å². The van der Waals surface area contributed by atoms with Crippen LogP contribution in [0.5, 0.6) is 11.5 Å². The molecule has 4 aromatic rings. The van der Waals surface area contributed by atoms with Crippen molar-refractivity contribution >= 4 is 27.9 Å². The maximum atomic E-state index is 5.80. The van der Waals surface area contributed by atoms with Gasteiger partial charge in [-0.15, -0.1) is 11.3 Å². The molecule has 1 aliphatic rings. The third kappa shape index (κ3) is 3.76. The lowest BCUT2D eigenvalue weighted by atomic mass is 10.2.